The van der Waals surface area contributed by atoms with Crippen molar-refractivity contribution >= 4 is 0 Å². The number of benzene rings is 1. The first-order valence-corrected chi connectivity index (χ1v) is 4.07. The van der Waals surface area contributed by atoms with Crippen LogP contribution in [0.4, 0.5) is 22.0 Å². The summed E-state index contributed by atoms with van der Waals surface area (Å²) in [6, 6.07) is 4.27. The number of para-hydroxylation sites is 1. The van der Waals surface area contributed by atoms with E-state index in [-0.39, 0.29) is 0 Å². The van der Waals surface area contributed by atoms with Gasteiger partial charge in [0.25, 0.3) is 0 Å². The molecule has 1 aromatic carbocycles. The molecule has 0 saturated carbocycles. The van der Waals surface area contributed by atoms with Crippen LogP contribution in [0.15, 0.2) is 18.2 Å². The Hall–Kier alpha value is -2.04. The standard InChI is InChI=1S/C9H4F5NO2/c10-8(11)16-7-5(4-15)2-1-3-6(7)17-9(12,13)14/h1-3,8H. The van der Waals surface area contributed by atoms with Crippen molar-refractivity contribution in [2.75, 3.05) is 0 Å². The summed E-state index contributed by atoms with van der Waals surface area (Å²) in [4.78, 5) is 0. The minimum atomic E-state index is -5.06. The molecule has 1 rings (SSSR count). The molecule has 0 aliphatic carbocycles. The van der Waals surface area contributed by atoms with E-state index >= 15 is 0 Å². The van der Waals surface area contributed by atoms with E-state index in [1.807, 2.05) is 0 Å². The van der Waals surface area contributed by atoms with Gasteiger partial charge in [0.15, 0.2) is 11.5 Å². The molecule has 0 unspecified atom stereocenters. The molecule has 0 aliphatic rings. The molecule has 0 amide bonds. The molecule has 0 N–H and O–H groups in total. The molecular weight excluding hydrogens is 249 g/mol. The number of nitriles is 1. The van der Waals surface area contributed by atoms with E-state index in [2.05, 4.69) is 9.47 Å². The maximum Gasteiger partial charge on any atom is 0.573 e. The van der Waals surface area contributed by atoms with Crippen molar-refractivity contribution in [2.45, 2.75) is 13.0 Å². The molecule has 3 nitrogen and oxygen atoms in total. The van der Waals surface area contributed by atoms with Crippen molar-refractivity contribution < 1.29 is 31.4 Å². The highest BCUT2D eigenvalue weighted by molar-refractivity contribution is 5.52. The number of hydrogen-bond acceptors (Lipinski definition) is 3. The molecule has 0 aliphatic heterocycles. The van der Waals surface area contributed by atoms with Crippen LogP contribution in [0.2, 0.25) is 0 Å². The largest absolute Gasteiger partial charge is 0.573 e. The quantitative estimate of drug-likeness (QED) is 0.777. The van der Waals surface area contributed by atoms with Gasteiger partial charge in [-0.15, -0.1) is 13.2 Å². The fourth-order valence-electron chi connectivity index (χ4n) is 1.02. The first-order valence-electron chi connectivity index (χ1n) is 4.07. The Morgan fingerprint density at radius 3 is 2.35 bits per heavy atom. The highest BCUT2D eigenvalue weighted by Crippen LogP contribution is 2.35. The maximum absolute atomic E-state index is 12.0. The molecular formula is C9H4F5NO2. The molecule has 8 heteroatoms. The van der Waals surface area contributed by atoms with Crippen LogP contribution in [0.1, 0.15) is 5.56 Å². The van der Waals surface area contributed by atoms with Crippen LogP contribution in [0.3, 0.4) is 0 Å². The smallest absolute Gasteiger partial charge is 0.429 e. The van der Waals surface area contributed by atoms with Gasteiger partial charge in [0.2, 0.25) is 0 Å². The maximum atomic E-state index is 12.0. The lowest BCUT2D eigenvalue weighted by Gasteiger charge is -2.14. The molecule has 0 saturated heterocycles. The summed E-state index contributed by atoms with van der Waals surface area (Å²) in [6.07, 6.45) is -5.06. The van der Waals surface area contributed by atoms with E-state index in [1.54, 1.807) is 0 Å². The Morgan fingerprint density at radius 1 is 1.24 bits per heavy atom. The molecule has 0 atom stereocenters. The second kappa shape index (κ2) is 4.86. The van der Waals surface area contributed by atoms with E-state index in [0.29, 0.717) is 0 Å². The van der Waals surface area contributed by atoms with Gasteiger partial charge in [-0.05, 0) is 12.1 Å². The molecule has 92 valence electrons. The van der Waals surface area contributed by atoms with Crippen molar-refractivity contribution in [3.05, 3.63) is 23.8 Å². The Balaban J connectivity index is 3.16. The van der Waals surface area contributed by atoms with Crippen LogP contribution >= 0.6 is 0 Å². The summed E-state index contributed by atoms with van der Waals surface area (Å²) in [6.45, 7) is -3.36. The second-order valence-electron chi connectivity index (χ2n) is 2.67. The monoisotopic (exact) mass is 253 g/mol. The predicted octanol–water partition coefficient (Wildman–Crippen LogP) is 3.06. The van der Waals surface area contributed by atoms with Gasteiger partial charge in [0.05, 0.1) is 5.56 Å². The summed E-state index contributed by atoms with van der Waals surface area (Å²) in [5.41, 5.74) is -0.480. The van der Waals surface area contributed by atoms with Crippen LogP contribution in [0, 0.1) is 11.3 Å². The normalized spacial score (nSPS) is 11.1. The fourth-order valence-corrected chi connectivity index (χ4v) is 1.02. The van der Waals surface area contributed by atoms with Gasteiger partial charge < -0.3 is 9.47 Å². The lowest BCUT2D eigenvalue weighted by molar-refractivity contribution is -0.275. The Labute approximate surface area is 92.0 Å². The van der Waals surface area contributed by atoms with Crippen molar-refractivity contribution in [3.63, 3.8) is 0 Å². The molecule has 0 fully saturated rings. The van der Waals surface area contributed by atoms with Crippen molar-refractivity contribution in [3.8, 4) is 17.6 Å². The molecule has 17 heavy (non-hydrogen) atoms. The lowest BCUT2D eigenvalue weighted by Crippen LogP contribution is -2.18. The molecule has 1 aromatic rings. The zero-order valence-electron chi connectivity index (χ0n) is 7.96. The lowest BCUT2D eigenvalue weighted by atomic mass is 10.2. The van der Waals surface area contributed by atoms with E-state index < -0.39 is 30.0 Å². The summed E-state index contributed by atoms with van der Waals surface area (Å²) in [5, 5.41) is 8.54. The topological polar surface area (TPSA) is 42.2 Å². The average molecular weight is 253 g/mol. The average Bonchev–Trinajstić information content (AvgIpc) is 2.17. The minimum Gasteiger partial charge on any atom is -0.429 e. The molecule has 0 bridgehead atoms. The van der Waals surface area contributed by atoms with E-state index in [4.69, 9.17) is 5.26 Å². The highest BCUT2D eigenvalue weighted by Gasteiger charge is 2.33. The Morgan fingerprint density at radius 2 is 1.88 bits per heavy atom. The molecule has 0 aromatic heterocycles. The number of ether oxygens (including phenoxy) is 2. The van der Waals surface area contributed by atoms with Gasteiger partial charge in [-0.3, -0.25) is 0 Å². The third-order valence-corrected chi connectivity index (χ3v) is 1.53. The van der Waals surface area contributed by atoms with Gasteiger partial charge in [-0.1, -0.05) is 6.07 Å². The zero-order valence-corrected chi connectivity index (χ0v) is 7.96. The third-order valence-electron chi connectivity index (χ3n) is 1.53. The van der Waals surface area contributed by atoms with Crippen molar-refractivity contribution in [1.29, 1.82) is 5.26 Å². The number of hydrogen-bond donors (Lipinski definition) is 0. The zero-order chi connectivity index (χ0) is 13.1. The van der Waals surface area contributed by atoms with Crippen LogP contribution in [0.25, 0.3) is 0 Å². The minimum absolute atomic E-state index is 0.480. The number of rotatable bonds is 3. The van der Waals surface area contributed by atoms with Crippen molar-refractivity contribution in [2.24, 2.45) is 0 Å². The van der Waals surface area contributed by atoms with Crippen molar-refractivity contribution in [1.82, 2.24) is 0 Å². The van der Waals surface area contributed by atoms with Gasteiger partial charge in [-0.2, -0.15) is 14.0 Å². The second-order valence-corrected chi connectivity index (χ2v) is 2.67. The van der Waals surface area contributed by atoms with Gasteiger partial charge in [0.1, 0.15) is 6.07 Å². The molecule has 0 spiro atoms. The van der Waals surface area contributed by atoms with Crippen LogP contribution in [-0.2, 0) is 0 Å². The van der Waals surface area contributed by atoms with Gasteiger partial charge >= 0.3 is 13.0 Å². The third kappa shape index (κ3) is 3.79. The number of alkyl halides is 5. The Kier molecular flexibility index (Phi) is 3.73. The highest BCUT2D eigenvalue weighted by atomic mass is 19.4. The number of halogens is 5. The van der Waals surface area contributed by atoms with Gasteiger partial charge in [-0.25, -0.2) is 0 Å². The van der Waals surface area contributed by atoms with Crippen LogP contribution in [0.5, 0.6) is 11.5 Å². The SMILES string of the molecule is N#Cc1cccc(OC(F)(F)F)c1OC(F)F. The summed E-state index contributed by atoms with van der Waals surface area (Å²) >= 11 is 0. The number of nitrogens with zero attached hydrogens (tertiary/aromatic N) is 1. The van der Waals surface area contributed by atoms with E-state index in [1.165, 1.54) is 6.07 Å². The first-order chi connectivity index (χ1) is 7.83. The Bertz CT molecular complexity index is 438. The fraction of sp³-hybridized carbons (Fsp3) is 0.222. The van der Waals surface area contributed by atoms with E-state index in [9.17, 15) is 22.0 Å². The summed E-state index contributed by atoms with van der Waals surface area (Å²) in [5.74, 6) is -1.93. The van der Waals surface area contributed by atoms with Gasteiger partial charge in [0, 0.05) is 0 Å². The summed E-state index contributed by atoms with van der Waals surface area (Å²) < 4.78 is 67.1. The first kappa shape index (κ1) is 13.0. The van der Waals surface area contributed by atoms with Crippen LogP contribution in [-0.4, -0.2) is 13.0 Å². The molecule has 0 radical (unpaired) electrons. The van der Waals surface area contributed by atoms with Crippen LogP contribution < -0.4 is 9.47 Å². The van der Waals surface area contributed by atoms with E-state index in [0.717, 1.165) is 18.2 Å². The molecule has 0 heterocycles. The summed E-state index contributed by atoms with van der Waals surface area (Å²) in [7, 11) is 0. The predicted molar refractivity (Wildman–Crippen MR) is 44.5 cm³/mol.